The van der Waals surface area contributed by atoms with Gasteiger partial charge in [0.15, 0.2) is 18.1 Å². The number of carbonyl (C=O) groups is 2. The maximum Gasteiger partial charge on any atom is 0.271 e. The minimum Gasteiger partial charge on any atom is -0.506 e. The first-order valence-electron chi connectivity index (χ1n) is 10.5. The number of hydrogen-bond acceptors (Lipinski definition) is 6. The summed E-state index contributed by atoms with van der Waals surface area (Å²) in [7, 11) is 0. The van der Waals surface area contributed by atoms with E-state index in [4.69, 9.17) is 9.47 Å². The van der Waals surface area contributed by atoms with Gasteiger partial charge in [0.05, 0.1) is 21.8 Å². The van der Waals surface area contributed by atoms with E-state index in [0.29, 0.717) is 43.9 Å². The number of phenolic OH excluding ortho intramolecular Hbond substituents is 1. The highest BCUT2D eigenvalue weighted by Gasteiger charge is 2.12. The molecule has 0 bridgehead atoms. The summed E-state index contributed by atoms with van der Waals surface area (Å²) in [5.74, 6) is 0.107. The normalized spacial score (nSPS) is 10.7. The first-order valence-corrected chi connectivity index (χ1v) is 12.1. The van der Waals surface area contributed by atoms with E-state index in [9.17, 15) is 14.7 Å². The number of ether oxygens (including phenoxy) is 2. The highest BCUT2D eigenvalue weighted by molar-refractivity contribution is 9.11. The Balaban J connectivity index is 1.61. The Kier molecular flexibility index (Phi) is 9.27. The number of benzene rings is 3. The number of hydrogen-bond donors (Lipinski definition) is 3. The molecule has 0 unspecified atom stereocenters. The Labute approximate surface area is 219 Å². The number of nitrogens with zero attached hydrogens (tertiary/aromatic N) is 1. The fourth-order valence-corrected chi connectivity index (χ4v) is 4.08. The lowest BCUT2D eigenvalue weighted by atomic mass is 10.2. The standard InChI is InChI=1S/C25H23Br2N3O5/c1-3-34-22-10-16(13-28-30-25(33)17-11-19(26)24(32)20(27)12-17)6-9-21(22)35-14-23(31)29-18-7-4-15(2)5-8-18/h4-13,32H,3,14H2,1-2H3,(H,29,31)(H,30,33)/b28-13-. The summed E-state index contributed by atoms with van der Waals surface area (Å²) < 4.78 is 12.1. The van der Waals surface area contributed by atoms with Crippen molar-refractivity contribution in [2.24, 2.45) is 5.10 Å². The van der Waals surface area contributed by atoms with Crippen LogP contribution in [0.5, 0.6) is 17.2 Å². The summed E-state index contributed by atoms with van der Waals surface area (Å²) in [6.07, 6.45) is 1.46. The fraction of sp³-hybridized carbons (Fsp3) is 0.160. The number of phenols is 1. The molecule has 8 nitrogen and oxygen atoms in total. The summed E-state index contributed by atoms with van der Waals surface area (Å²) in [5.41, 5.74) is 5.19. The van der Waals surface area contributed by atoms with Crippen LogP contribution in [0.15, 0.2) is 68.6 Å². The Hall–Kier alpha value is -3.37. The second-order valence-electron chi connectivity index (χ2n) is 7.33. The molecule has 0 spiro atoms. The third kappa shape index (κ3) is 7.56. The van der Waals surface area contributed by atoms with Crippen molar-refractivity contribution in [3.05, 3.63) is 80.2 Å². The van der Waals surface area contributed by atoms with Crippen molar-refractivity contribution in [2.45, 2.75) is 13.8 Å². The number of halogens is 2. The molecule has 10 heteroatoms. The summed E-state index contributed by atoms with van der Waals surface area (Å²) in [6.45, 7) is 4.02. The number of rotatable bonds is 9. The SMILES string of the molecule is CCOc1cc(/C=N\NC(=O)c2cc(Br)c(O)c(Br)c2)ccc1OCC(=O)Nc1ccc(C)cc1. The summed E-state index contributed by atoms with van der Waals surface area (Å²) in [5, 5.41) is 16.5. The van der Waals surface area contributed by atoms with Gasteiger partial charge >= 0.3 is 0 Å². The Morgan fingerprint density at radius 2 is 1.69 bits per heavy atom. The first kappa shape index (κ1) is 26.2. The van der Waals surface area contributed by atoms with Crippen LogP contribution < -0.4 is 20.2 Å². The van der Waals surface area contributed by atoms with Gasteiger partial charge in [-0.15, -0.1) is 0 Å². The predicted molar refractivity (Wildman–Crippen MR) is 141 cm³/mol. The molecule has 0 fully saturated rings. The van der Waals surface area contributed by atoms with E-state index in [1.54, 1.807) is 18.2 Å². The predicted octanol–water partition coefficient (Wildman–Crippen LogP) is 5.41. The lowest BCUT2D eigenvalue weighted by molar-refractivity contribution is -0.118. The zero-order valence-corrected chi connectivity index (χ0v) is 22.1. The molecule has 0 aliphatic carbocycles. The van der Waals surface area contributed by atoms with Crippen molar-refractivity contribution in [1.82, 2.24) is 5.43 Å². The molecule has 3 aromatic rings. The van der Waals surface area contributed by atoms with Crippen LogP contribution in [-0.4, -0.2) is 36.3 Å². The molecule has 2 amide bonds. The Morgan fingerprint density at radius 1 is 1.00 bits per heavy atom. The zero-order chi connectivity index (χ0) is 25.4. The molecule has 0 saturated carbocycles. The van der Waals surface area contributed by atoms with Crippen LogP contribution in [-0.2, 0) is 4.79 Å². The quantitative estimate of drug-likeness (QED) is 0.224. The third-order valence-electron chi connectivity index (χ3n) is 4.62. The van der Waals surface area contributed by atoms with Crippen LogP contribution in [0.4, 0.5) is 5.69 Å². The molecular weight excluding hydrogens is 582 g/mol. The smallest absolute Gasteiger partial charge is 0.271 e. The second kappa shape index (κ2) is 12.4. The molecule has 0 saturated heterocycles. The van der Waals surface area contributed by atoms with E-state index in [2.05, 4.69) is 47.7 Å². The topological polar surface area (TPSA) is 109 Å². The first-order chi connectivity index (χ1) is 16.8. The number of carbonyl (C=O) groups excluding carboxylic acids is 2. The Bertz CT molecular complexity index is 1220. The minimum absolute atomic E-state index is 0.00319. The number of aromatic hydroxyl groups is 1. The number of hydrazone groups is 1. The highest BCUT2D eigenvalue weighted by Crippen LogP contribution is 2.33. The maximum absolute atomic E-state index is 12.3. The maximum atomic E-state index is 12.3. The van der Waals surface area contributed by atoms with Crippen LogP contribution >= 0.6 is 31.9 Å². The van der Waals surface area contributed by atoms with Crippen molar-refractivity contribution < 1.29 is 24.2 Å². The molecule has 0 atom stereocenters. The third-order valence-corrected chi connectivity index (χ3v) is 5.83. The number of nitrogens with one attached hydrogen (secondary N) is 2. The highest BCUT2D eigenvalue weighted by atomic mass is 79.9. The van der Waals surface area contributed by atoms with E-state index in [1.807, 2.05) is 38.1 Å². The Morgan fingerprint density at radius 3 is 2.34 bits per heavy atom. The van der Waals surface area contributed by atoms with Crippen LogP contribution in [0.2, 0.25) is 0 Å². The minimum atomic E-state index is -0.452. The number of anilines is 1. The van der Waals surface area contributed by atoms with E-state index in [0.717, 1.165) is 5.56 Å². The molecule has 3 N–H and O–H groups in total. The monoisotopic (exact) mass is 603 g/mol. The van der Waals surface area contributed by atoms with Gasteiger partial charge in [-0.3, -0.25) is 9.59 Å². The molecule has 0 aliphatic rings. The summed E-state index contributed by atoms with van der Waals surface area (Å²) in [4.78, 5) is 24.6. The van der Waals surface area contributed by atoms with Gasteiger partial charge in [0.25, 0.3) is 11.8 Å². The van der Waals surface area contributed by atoms with E-state index >= 15 is 0 Å². The van der Waals surface area contributed by atoms with E-state index in [1.165, 1.54) is 18.3 Å². The summed E-state index contributed by atoms with van der Waals surface area (Å²) in [6, 6.07) is 15.5. The van der Waals surface area contributed by atoms with Gasteiger partial charge in [0, 0.05) is 11.3 Å². The molecule has 182 valence electrons. The molecule has 3 rings (SSSR count). The van der Waals surface area contributed by atoms with Crippen LogP contribution in [0, 0.1) is 6.92 Å². The van der Waals surface area contributed by atoms with Gasteiger partial charge in [0.2, 0.25) is 0 Å². The largest absolute Gasteiger partial charge is 0.506 e. The van der Waals surface area contributed by atoms with E-state index in [-0.39, 0.29) is 18.3 Å². The molecule has 0 aromatic heterocycles. The number of aryl methyl sites for hydroxylation is 1. The van der Waals surface area contributed by atoms with Crippen LogP contribution in [0.3, 0.4) is 0 Å². The zero-order valence-electron chi connectivity index (χ0n) is 19.0. The van der Waals surface area contributed by atoms with Crippen molar-refractivity contribution in [2.75, 3.05) is 18.5 Å². The van der Waals surface area contributed by atoms with Gasteiger partial charge in [-0.2, -0.15) is 5.10 Å². The molecular formula is C25H23Br2N3O5. The average molecular weight is 605 g/mol. The van der Waals surface area contributed by atoms with Crippen molar-refractivity contribution in [3.63, 3.8) is 0 Å². The van der Waals surface area contributed by atoms with Crippen molar-refractivity contribution in [3.8, 4) is 17.2 Å². The second-order valence-corrected chi connectivity index (χ2v) is 9.04. The molecule has 35 heavy (non-hydrogen) atoms. The van der Waals surface area contributed by atoms with Gasteiger partial charge in [-0.1, -0.05) is 17.7 Å². The van der Waals surface area contributed by atoms with Gasteiger partial charge in [0.1, 0.15) is 5.75 Å². The van der Waals surface area contributed by atoms with Crippen molar-refractivity contribution >= 4 is 55.6 Å². The van der Waals surface area contributed by atoms with Crippen molar-refractivity contribution in [1.29, 1.82) is 0 Å². The summed E-state index contributed by atoms with van der Waals surface area (Å²) >= 11 is 6.38. The van der Waals surface area contributed by atoms with Gasteiger partial charge < -0.3 is 19.9 Å². The molecule has 0 radical (unpaired) electrons. The van der Waals surface area contributed by atoms with Gasteiger partial charge in [-0.25, -0.2) is 5.43 Å². The van der Waals surface area contributed by atoms with Crippen LogP contribution in [0.25, 0.3) is 0 Å². The number of amides is 2. The lowest BCUT2D eigenvalue weighted by Gasteiger charge is -2.12. The van der Waals surface area contributed by atoms with E-state index < -0.39 is 5.91 Å². The molecule has 0 heterocycles. The molecule has 3 aromatic carbocycles. The van der Waals surface area contributed by atoms with Gasteiger partial charge in [-0.05, 0) is 93.7 Å². The fourth-order valence-electron chi connectivity index (χ4n) is 2.90. The lowest BCUT2D eigenvalue weighted by Crippen LogP contribution is -2.20. The van der Waals surface area contributed by atoms with Crippen LogP contribution in [0.1, 0.15) is 28.4 Å². The molecule has 0 aliphatic heterocycles. The average Bonchev–Trinajstić information content (AvgIpc) is 2.83.